The van der Waals surface area contributed by atoms with Crippen LogP contribution >= 0.6 is 0 Å². The Morgan fingerprint density at radius 1 is 1.35 bits per heavy atom. The molecule has 2 aromatic rings. The number of rotatable bonds is 4. The number of carbonyl (C=O) groups is 1. The van der Waals surface area contributed by atoms with E-state index in [-0.39, 0.29) is 5.91 Å². The number of nitrogens with one attached hydrogen (secondary N) is 1. The van der Waals surface area contributed by atoms with Gasteiger partial charge < -0.3 is 9.88 Å². The molecule has 0 bridgehead atoms. The Balaban J connectivity index is 2.27. The molecule has 0 saturated carbocycles. The number of benzene rings is 1. The van der Waals surface area contributed by atoms with Crippen LogP contribution in [0.25, 0.3) is 10.9 Å². The number of aromatic amines is 1. The molecule has 0 aliphatic heterocycles. The number of fused-ring (bicyclic) bond motifs is 1. The molecule has 0 spiro atoms. The lowest BCUT2D eigenvalue weighted by Crippen LogP contribution is -2.27. The number of nitrogens with zero attached hydrogens (tertiary/aromatic N) is 1. The van der Waals surface area contributed by atoms with Crippen LogP contribution in [0, 0.1) is 0 Å². The molecule has 1 amide bonds. The van der Waals surface area contributed by atoms with Gasteiger partial charge in [-0.1, -0.05) is 25.5 Å². The predicted molar refractivity (Wildman–Crippen MR) is 70.2 cm³/mol. The number of hydrogen-bond donors (Lipinski definition) is 1. The Morgan fingerprint density at radius 2 is 2.18 bits per heavy atom. The van der Waals surface area contributed by atoms with Crippen molar-refractivity contribution in [3.63, 3.8) is 0 Å². The van der Waals surface area contributed by atoms with Crippen LogP contribution in [0.5, 0.6) is 0 Å². The summed E-state index contributed by atoms with van der Waals surface area (Å²) < 4.78 is 0. The van der Waals surface area contributed by atoms with Crippen molar-refractivity contribution in [1.82, 2.24) is 9.88 Å². The largest absolute Gasteiger partial charge is 0.361 e. The minimum absolute atomic E-state index is 0.0894. The lowest BCUT2D eigenvalue weighted by atomic mass is 10.1. The molecule has 0 aliphatic carbocycles. The smallest absolute Gasteiger partial charge is 0.255 e. The molecule has 3 nitrogen and oxygen atoms in total. The minimum atomic E-state index is 0.0894. The molecule has 2 rings (SSSR count). The number of H-pyrrole nitrogens is 1. The number of hydrogen-bond acceptors (Lipinski definition) is 1. The van der Waals surface area contributed by atoms with Gasteiger partial charge in [0, 0.05) is 25.2 Å². The number of amides is 1. The van der Waals surface area contributed by atoms with Gasteiger partial charge >= 0.3 is 0 Å². The van der Waals surface area contributed by atoms with E-state index in [0.29, 0.717) is 0 Å². The summed E-state index contributed by atoms with van der Waals surface area (Å²) in [5.41, 5.74) is 1.69. The SMILES string of the molecule is CCCCN(C)C(=O)c1cccc2cc[nH]c12. The second kappa shape index (κ2) is 5.04. The standard InChI is InChI=1S/C14H18N2O/c1-3-4-10-16(2)14(17)12-7-5-6-11-8-9-15-13(11)12/h5-9,15H,3-4,10H2,1-2H3. The van der Waals surface area contributed by atoms with Gasteiger partial charge in [0.1, 0.15) is 0 Å². The quantitative estimate of drug-likeness (QED) is 0.861. The summed E-state index contributed by atoms with van der Waals surface area (Å²) in [4.78, 5) is 17.2. The van der Waals surface area contributed by atoms with Crippen LogP contribution in [-0.2, 0) is 0 Å². The molecule has 3 heteroatoms. The molecule has 0 atom stereocenters. The summed E-state index contributed by atoms with van der Waals surface area (Å²) in [6, 6.07) is 7.80. The Bertz CT molecular complexity index is 516. The average molecular weight is 230 g/mol. The van der Waals surface area contributed by atoms with Gasteiger partial charge in [0.25, 0.3) is 5.91 Å². The Hall–Kier alpha value is -1.77. The zero-order chi connectivity index (χ0) is 12.3. The van der Waals surface area contributed by atoms with Crippen LogP contribution in [-0.4, -0.2) is 29.4 Å². The van der Waals surface area contributed by atoms with Crippen molar-refractivity contribution in [1.29, 1.82) is 0 Å². The topological polar surface area (TPSA) is 36.1 Å². The van der Waals surface area contributed by atoms with Crippen molar-refractivity contribution in [2.45, 2.75) is 19.8 Å². The highest BCUT2D eigenvalue weighted by molar-refractivity contribution is 6.05. The molecule has 0 aliphatic rings. The molecular formula is C14H18N2O. The predicted octanol–water partition coefficient (Wildman–Crippen LogP) is 3.04. The van der Waals surface area contributed by atoms with Crippen LogP contribution in [0.4, 0.5) is 0 Å². The molecule has 0 unspecified atom stereocenters. The van der Waals surface area contributed by atoms with E-state index >= 15 is 0 Å². The van der Waals surface area contributed by atoms with E-state index in [9.17, 15) is 4.79 Å². The molecule has 1 aromatic heterocycles. The maximum atomic E-state index is 12.3. The molecule has 1 heterocycles. The highest BCUT2D eigenvalue weighted by Gasteiger charge is 2.14. The van der Waals surface area contributed by atoms with Crippen molar-refractivity contribution in [3.05, 3.63) is 36.0 Å². The summed E-state index contributed by atoms with van der Waals surface area (Å²) in [6.45, 7) is 2.94. The molecule has 0 saturated heterocycles. The van der Waals surface area contributed by atoms with E-state index < -0.39 is 0 Å². The summed E-state index contributed by atoms with van der Waals surface area (Å²) in [7, 11) is 1.86. The molecule has 1 N–H and O–H groups in total. The first-order valence-electron chi connectivity index (χ1n) is 6.05. The third kappa shape index (κ3) is 2.33. The maximum Gasteiger partial charge on any atom is 0.255 e. The van der Waals surface area contributed by atoms with E-state index in [0.717, 1.165) is 35.9 Å². The summed E-state index contributed by atoms with van der Waals surface area (Å²) in [5.74, 6) is 0.0894. The summed E-state index contributed by atoms with van der Waals surface area (Å²) in [5, 5.41) is 1.08. The number of unbranched alkanes of at least 4 members (excludes halogenated alkanes) is 1. The zero-order valence-electron chi connectivity index (χ0n) is 10.4. The second-order valence-electron chi connectivity index (χ2n) is 4.33. The fourth-order valence-corrected chi connectivity index (χ4v) is 1.97. The Labute approximate surface area is 101 Å². The second-order valence-corrected chi connectivity index (χ2v) is 4.33. The van der Waals surface area contributed by atoms with Crippen LogP contribution in [0.2, 0.25) is 0 Å². The highest BCUT2D eigenvalue weighted by Crippen LogP contribution is 2.18. The van der Waals surface area contributed by atoms with Crippen molar-refractivity contribution < 1.29 is 4.79 Å². The third-order valence-corrected chi connectivity index (χ3v) is 3.01. The van der Waals surface area contributed by atoms with Gasteiger partial charge in [-0.15, -0.1) is 0 Å². The van der Waals surface area contributed by atoms with E-state index in [1.807, 2.05) is 37.5 Å². The van der Waals surface area contributed by atoms with E-state index in [2.05, 4.69) is 11.9 Å². The van der Waals surface area contributed by atoms with Gasteiger partial charge in [-0.25, -0.2) is 0 Å². The van der Waals surface area contributed by atoms with Crippen LogP contribution in [0.3, 0.4) is 0 Å². The summed E-state index contributed by atoms with van der Waals surface area (Å²) >= 11 is 0. The average Bonchev–Trinajstić information content (AvgIpc) is 2.82. The van der Waals surface area contributed by atoms with Gasteiger partial charge in [-0.05, 0) is 18.6 Å². The lowest BCUT2D eigenvalue weighted by Gasteiger charge is -2.17. The Kier molecular flexibility index (Phi) is 3.47. The molecule has 90 valence electrons. The fraction of sp³-hybridized carbons (Fsp3) is 0.357. The summed E-state index contributed by atoms with van der Waals surface area (Å²) in [6.07, 6.45) is 4.01. The first-order chi connectivity index (χ1) is 8.24. The van der Waals surface area contributed by atoms with E-state index in [1.165, 1.54) is 0 Å². The molecular weight excluding hydrogens is 212 g/mol. The maximum absolute atomic E-state index is 12.3. The van der Waals surface area contributed by atoms with Gasteiger partial charge in [0.2, 0.25) is 0 Å². The third-order valence-electron chi connectivity index (χ3n) is 3.01. The highest BCUT2D eigenvalue weighted by atomic mass is 16.2. The van der Waals surface area contributed by atoms with Crippen LogP contribution < -0.4 is 0 Å². The van der Waals surface area contributed by atoms with E-state index in [1.54, 1.807) is 4.90 Å². The van der Waals surface area contributed by atoms with Gasteiger partial charge in [0.05, 0.1) is 11.1 Å². The van der Waals surface area contributed by atoms with Gasteiger partial charge in [-0.2, -0.15) is 0 Å². The monoisotopic (exact) mass is 230 g/mol. The molecule has 0 fully saturated rings. The van der Waals surface area contributed by atoms with Crippen molar-refractivity contribution in [2.24, 2.45) is 0 Å². The molecule has 17 heavy (non-hydrogen) atoms. The van der Waals surface area contributed by atoms with Gasteiger partial charge in [-0.3, -0.25) is 4.79 Å². The zero-order valence-corrected chi connectivity index (χ0v) is 10.4. The first-order valence-corrected chi connectivity index (χ1v) is 6.05. The van der Waals surface area contributed by atoms with Crippen molar-refractivity contribution >= 4 is 16.8 Å². The lowest BCUT2D eigenvalue weighted by molar-refractivity contribution is 0.0795. The number of para-hydroxylation sites is 1. The first kappa shape index (κ1) is 11.7. The number of aromatic nitrogens is 1. The van der Waals surface area contributed by atoms with E-state index in [4.69, 9.17) is 0 Å². The van der Waals surface area contributed by atoms with Crippen molar-refractivity contribution in [2.75, 3.05) is 13.6 Å². The normalized spacial score (nSPS) is 10.7. The van der Waals surface area contributed by atoms with Gasteiger partial charge in [0.15, 0.2) is 0 Å². The van der Waals surface area contributed by atoms with Crippen LogP contribution in [0.15, 0.2) is 30.5 Å². The van der Waals surface area contributed by atoms with Crippen LogP contribution in [0.1, 0.15) is 30.1 Å². The molecule has 1 aromatic carbocycles. The Morgan fingerprint density at radius 3 is 2.94 bits per heavy atom. The molecule has 0 radical (unpaired) electrons. The number of carbonyl (C=O) groups excluding carboxylic acids is 1. The van der Waals surface area contributed by atoms with Crippen molar-refractivity contribution in [3.8, 4) is 0 Å². The fourth-order valence-electron chi connectivity index (χ4n) is 1.97. The minimum Gasteiger partial charge on any atom is -0.361 e.